The molecule has 0 bridgehead atoms. The van der Waals surface area contributed by atoms with Crippen LogP contribution < -0.4 is 0 Å². The first-order valence-corrected chi connectivity index (χ1v) is 7.04. The number of piperidine rings is 1. The number of pyridine rings is 1. The molecule has 3 nitrogen and oxygen atoms in total. The van der Waals surface area contributed by atoms with Crippen LogP contribution in [0.1, 0.15) is 18.4 Å². The Bertz CT molecular complexity index is 587. The van der Waals surface area contributed by atoms with E-state index in [4.69, 9.17) is 11.6 Å². The van der Waals surface area contributed by atoms with Crippen LogP contribution in [0.15, 0.2) is 30.5 Å². The molecule has 0 radical (unpaired) electrons. The van der Waals surface area contributed by atoms with Crippen molar-refractivity contribution in [2.75, 3.05) is 13.1 Å². The second-order valence-electron chi connectivity index (χ2n) is 5.13. The lowest BCUT2D eigenvalue weighted by molar-refractivity contribution is 0.0670. The van der Waals surface area contributed by atoms with Crippen molar-refractivity contribution in [3.63, 3.8) is 0 Å². The smallest absolute Gasteiger partial charge is 0.0761 e. The number of benzene rings is 1. The fourth-order valence-electron chi connectivity index (χ4n) is 2.73. The van der Waals surface area contributed by atoms with Gasteiger partial charge in [-0.3, -0.25) is 9.88 Å². The highest BCUT2D eigenvalue weighted by Gasteiger charge is 2.19. The molecule has 1 fully saturated rings. The van der Waals surface area contributed by atoms with Crippen LogP contribution in [0.25, 0.3) is 10.9 Å². The predicted molar refractivity (Wildman–Crippen MR) is 77.3 cm³/mol. The first-order chi connectivity index (χ1) is 9.24. The summed E-state index contributed by atoms with van der Waals surface area (Å²) in [5.74, 6) is 0. The highest BCUT2D eigenvalue weighted by molar-refractivity contribution is 6.32. The van der Waals surface area contributed by atoms with Gasteiger partial charge in [0.05, 0.1) is 11.6 Å². The molecule has 1 aromatic carbocycles. The van der Waals surface area contributed by atoms with Crippen molar-refractivity contribution in [2.45, 2.75) is 25.5 Å². The van der Waals surface area contributed by atoms with Crippen LogP contribution in [-0.2, 0) is 6.54 Å². The molecular weight excluding hydrogens is 260 g/mol. The van der Waals surface area contributed by atoms with Crippen LogP contribution in [0.3, 0.4) is 0 Å². The molecular formula is C15H17ClN2O. The van der Waals surface area contributed by atoms with Crippen LogP contribution >= 0.6 is 11.6 Å². The predicted octanol–water partition coefficient (Wildman–Crippen LogP) is 2.84. The third-order valence-corrected chi connectivity index (χ3v) is 4.04. The lowest BCUT2D eigenvalue weighted by Crippen LogP contribution is -2.37. The van der Waals surface area contributed by atoms with Crippen LogP contribution in [0.5, 0.6) is 0 Å². The summed E-state index contributed by atoms with van der Waals surface area (Å²) >= 11 is 6.33. The average Bonchev–Trinajstić information content (AvgIpc) is 2.42. The van der Waals surface area contributed by atoms with Gasteiger partial charge in [0.25, 0.3) is 0 Å². The number of aromatic nitrogens is 1. The van der Waals surface area contributed by atoms with Crippen molar-refractivity contribution >= 4 is 22.5 Å². The quantitative estimate of drug-likeness (QED) is 0.916. The first-order valence-electron chi connectivity index (χ1n) is 6.66. The molecule has 0 saturated carbocycles. The molecule has 1 atom stereocenters. The van der Waals surface area contributed by atoms with Gasteiger partial charge in [0.15, 0.2) is 0 Å². The Labute approximate surface area is 117 Å². The molecule has 4 heteroatoms. The molecule has 1 unspecified atom stereocenters. The van der Waals surface area contributed by atoms with Gasteiger partial charge in [0.1, 0.15) is 0 Å². The van der Waals surface area contributed by atoms with Gasteiger partial charge in [-0.1, -0.05) is 23.7 Å². The monoisotopic (exact) mass is 276 g/mol. The van der Waals surface area contributed by atoms with Crippen molar-refractivity contribution in [2.24, 2.45) is 0 Å². The lowest BCUT2D eigenvalue weighted by atomic mass is 10.1. The third-order valence-electron chi connectivity index (χ3n) is 3.68. The average molecular weight is 277 g/mol. The van der Waals surface area contributed by atoms with E-state index in [0.717, 1.165) is 54.0 Å². The summed E-state index contributed by atoms with van der Waals surface area (Å²) in [6, 6.07) is 7.92. The topological polar surface area (TPSA) is 36.4 Å². The number of hydrogen-bond acceptors (Lipinski definition) is 3. The maximum absolute atomic E-state index is 9.75. The standard InChI is InChI=1S/C15H17ClN2O/c16-14-6-5-11-3-1-7-17-15(11)13(14)10-18-8-2-4-12(19)9-18/h1,3,5-7,12,19H,2,4,8-10H2. The van der Waals surface area contributed by atoms with Crippen LogP contribution in [0.4, 0.5) is 0 Å². The molecule has 100 valence electrons. The number of rotatable bonds is 2. The number of aliphatic hydroxyl groups is 1. The van der Waals surface area contributed by atoms with Gasteiger partial charge in [-0.2, -0.15) is 0 Å². The lowest BCUT2D eigenvalue weighted by Gasteiger charge is -2.30. The maximum atomic E-state index is 9.75. The zero-order valence-corrected chi connectivity index (χ0v) is 11.5. The van der Waals surface area contributed by atoms with E-state index in [9.17, 15) is 5.11 Å². The summed E-state index contributed by atoms with van der Waals surface area (Å²) in [6.07, 6.45) is 3.53. The molecule has 3 rings (SSSR count). The molecule has 0 amide bonds. The molecule has 1 saturated heterocycles. The van der Waals surface area contributed by atoms with E-state index in [0.29, 0.717) is 0 Å². The number of aliphatic hydroxyl groups excluding tert-OH is 1. The number of β-amino-alcohol motifs (C(OH)–C–C–N with tert-alkyl or cyclic N) is 1. The SMILES string of the molecule is OC1CCCN(Cc2c(Cl)ccc3cccnc23)C1. The van der Waals surface area contributed by atoms with Crippen molar-refractivity contribution < 1.29 is 5.11 Å². The van der Waals surface area contributed by atoms with Crippen molar-refractivity contribution in [3.05, 3.63) is 41.0 Å². The first kappa shape index (κ1) is 12.9. The fraction of sp³-hybridized carbons (Fsp3) is 0.400. The zero-order valence-electron chi connectivity index (χ0n) is 10.7. The van der Waals surface area contributed by atoms with E-state index in [-0.39, 0.29) is 6.10 Å². The Hall–Kier alpha value is -1.16. The Kier molecular flexibility index (Phi) is 3.69. The van der Waals surface area contributed by atoms with Gasteiger partial charge >= 0.3 is 0 Å². The summed E-state index contributed by atoms with van der Waals surface area (Å²) in [6.45, 7) is 2.49. The Morgan fingerprint density at radius 3 is 3.11 bits per heavy atom. The molecule has 0 aliphatic carbocycles. The van der Waals surface area contributed by atoms with E-state index < -0.39 is 0 Å². The number of halogens is 1. The highest BCUT2D eigenvalue weighted by atomic mass is 35.5. The number of likely N-dealkylation sites (tertiary alicyclic amines) is 1. The Balaban J connectivity index is 1.93. The van der Waals surface area contributed by atoms with Crippen LogP contribution in [0, 0.1) is 0 Å². The minimum atomic E-state index is -0.213. The maximum Gasteiger partial charge on any atom is 0.0761 e. The van der Waals surface area contributed by atoms with E-state index in [1.165, 1.54) is 0 Å². The third kappa shape index (κ3) is 2.73. The van der Waals surface area contributed by atoms with E-state index in [1.807, 2.05) is 24.3 Å². The van der Waals surface area contributed by atoms with Crippen LogP contribution in [0.2, 0.25) is 5.02 Å². The summed E-state index contributed by atoms with van der Waals surface area (Å²) in [7, 11) is 0. The molecule has 19 heavy (non-hydrogen) atoms. The van der Waals surface area contributed by atoms with Crippen molar-refractivity contribution in [1.82, 2.24) is 9.88 Å². The number of nitrogens with zero attached hydrogens (tertiary/aromatic N) is 2. The van der Waals surface area contributed by atoms with Gasteiger partial charge in [0.2, 0.25) is 0 Å². The summed E-state index contributed by atoms with van der Waals surface area (Å²) in [4.78, 5) is 6.71. The highest BCUT2D eigenvalue weighted by Crippen LogP contribution is 2.26. The van der Waals surface area contributed by atoms with E-state index >= 15 is 0 Å². The van der Waals surface area contributed by atoms with Crippen molar-refractivity contribution in [1.29, 1.82) is 0 Å². The largest absolute Gasteiger partial charge is 0.392 e. The Morgan fingerprint density at radius 2 is 2.26 bits per heavy atom. The fourth-order valence-corrected chi connectivity index (χ4v) is 2.94. The number of hydrogen-bond donors (Lipinski definition) is 1. The molecule has 1 aliphatic rings. The summed E-state index contributed by atoms with van der Waals surface area (Å²) in [5, 5.41) is 11.6. The minimum absolute atomic E-state index is 0.213. The van der Waals surface area contributed by atoms with Gasteiger partial charge in [0, 0.05) is 35.3 Å². The summed E-state index contributed by atoms with van der Waals surface area (Å²) in [5.41, 5.74) is 2.03. The molecule has 1 aliphatic heterocycles. The van der Waals surface area contributed by atoms with E-state index in [1.54, 1.807) is 6.20 Å². The van der Waals surface area contributed by atoms with Crippen LogP contribution in [-0.4, -0.2) is 34.2 Å². The molecule has 1 aromatic heterocycles. The second kappa shape index (κ2) is 5.45. The normalized spacial score (nSPS) is 20.8. The van der Waals surface area contributed by atoms with Gasteiger partial charge in [-0.05, 0) is 31.5 Å². The van der Waals surface area contributed by atoms with Gasteiger partial charge in [-0.25, -0.2) is 0 Å². The molecule has 1 N–H and O–H groups in total. The van der Waals surface area contributed by atoms with Crippen molar-refractivity contribution in [3.8, 4) is 0 Å². The molecule has 2 aromatic rings. The minimum Gasteiger partial charge on any atom is -0.392 e. The number of fused-ring (bicyclic) bond motifs is 1. The zero-order chi connectivity index (χ0) is 13.2. The van der Waals surface area contributed by atoms with Gasteiger partial charge < -0.3 is 5.11 Å². The molecule has 0 spiro atoms. The van der Waals surface area contributed by atoms with Gasteiger partial charge in [-0.15, -0.1) is 0 Å². The second-order valence-corrected chi connectivity index (χ2v) is 5.54. The van der Waals surface area contributed by atoms with E-state index in [2.05, 4.69) is 9.88 Å². The molecule has 2 heterocycles. The summed E-state index contributed by atoms with van der Waals surface area (Å²) < 4.78 is 0. The Morgan fingerprint density at radius 1 is 1.37 bits per heavy atom.